The standard InChI is InChI=1S/C13H13N3O/c1-2-7-16-10-6-4-3-5-9(10)11-12(13(16)17)15-8-14-11/h3-6,8H,2,7H2,1H3,(H,14,15). The van der Waals surface area contributed by atoms with Crippen molar-refractivity contribution in [3.63, 3.8) is 0 Å². The first-order valence-electron chi connectivity index (χ1n) is 5.77. The average molecular weight is 227 g/mol. The molecule has 0 saturated heterocycles. The summed E-state index contributed by atoms with van der Waals surface area (Å²) < 4.78 is 1.82. The third kappa shape index (κ3) is 1.37. The highest BCUT2D eigenvalue weighted by molar-refractivity contribution is 6.01. The van der Waals surface area contributed by atoms with Gasteiger partial charge in [0.25, 0.3) is 5.56 Å². The Morgan fingerprint density at radius 3 is 3.00 bits per heavy atom. The van der Waals surface area contributed by atoms with Crippen molar-refractivity contribution in [2.45, 2.75) is 19.9 Å². The Morgan fingerprint density at radius 1 is 1.35 bits per heavy atom. The highest BCUT2D eigenvalue weighted by Gasteiger charge is 2.11. The maximum absolute atomic E-state index is 12.3. The first-order valence-corrected chi connectivity index (χ1v) is 5.77. The lowest BCUT2D eigenvalue weighted by Crippen LogP contribution is -2.20. The topological polar surface area (TPSA) is 50.7 Å². The Balaban J connectivity index is 2.57. The van der Waals surface area contributed by atoms with Crippen molar-refractivity contribution in [2.24, 2.45) is 0 Å². The van der Waals surface area contributed by atoms with E-state index in [1.807, 2.05) is 28.8 Å². The van der Waals surface area contributed by atoms with Gasteiger partial charge in [0.1, 0.15) is 11.0 Å². The molecule has 0 bridgehead atoms. The zero-order valence-electron chi connectivity index (χ0n) is 9.60. The van der Waals surface area contributed by atoms with Crippen LogP contribution in [0.5, 0.6) is 0 Å². The predicted octanol–water partition coefficient (Wildman–Crippen LogP) is 2.29. The summed E-state index contributed by atoms with van der Waals surface area (Å²) in [5.41, 5.74) is 2.33. The van der Waals surface area contributed by atoms with E-state index in [9.17, 15) is 4.79 Å². The molecule has 4 nitrogen and oxygen atoms in total. The summed E-state index contributed by atoms with van der Waals surface area (Å²) in [7, 11) is 0. The molecule has 17 heavy (non-hydrogen) atoms. The van der Waals surface area contributed by atoms with Crippen molar-refractivity contribution in [3.8, 4) is 0 Å². The number of rotatable bonds is 2. The van der Waals surface area contributed by atoms with Gasteiger partial charge < -0.3 is 9.55 Å². The minimum atomic E-state index is 0.0121. The minimum absolute atomic E-state index is 0.0121. The molecule has 0 aliphatic heterocycles. The van der Waals surface area contributed by atoms with Gasteiger partial charge in [-0.2, -0.15) is 0 Å². The zero-order chi connectivity index (χ0) is 11.8. The van der Waals surface area contributed by atoms with Crippen molar-refractivity contribution < 1.29 is 0 Å². The van der Waals surface area contributed by atoms with Gasteiger partial charge in [-0.3, -0.25) is 4.79 Å². The summed E-state index contributed by atoms with van der Waals surface area (Å²) in [6.07, 6.45) is 2.51. The van der Waals surface area contributed by atoms with Gasteiger partial charge in [-0.1, -0.05) is 25.1 Å². The van der Waals surface area contributed by atoms with Gasteiger partial charge >= 0.3 is 0 Å². The van der Waals surface area contributed by atoms with E-state index in [4.69, 9.17) is 0 Å². The Bertz CT molecular complexity index is 739. The number of imidazole rings is 1. The Kier molecular flexibility index (Phi) is 2.21. The second-order valence-electron chi connectivity index (χ2n) is 4.10. The zero-order valence-corrected chi connectivity index (χ0v) is 9.60. The minimum Gasteiger partial charge on any atom is -0.340 e. The van der Waals surface area contributed by atoms with Crippen LogP contribution >= 0.6 is 0 Å². The summed E-state index contributed by atoms with van der Waals surface area (Å²) in [6.45, 7) is 2.80. The van der Waals surface area contributed by atoms with E-state index in [0.717, 1.165) is 29.4 Å². The fourth-order valence-electron chi connectivity index (χ4n) is 2.26. The highest BCUT2D eigenvalue weighted by Crippen LogP contribution is 2.19. The van der Waals surface area contributed by atoms with Crippen molar-refractivity contribution in [2.75, 3.05) is 0 Å². The molecule has 1 aromatic carbocycles. The number of hydrogen-bond donors (Lipinski definition) is 1. The molecule has 86 valence electrons. The number of H-pyrrole nitrogens is 1. The number of fused-ring (bicyclic) bond motifs is 3. The molecule has 2 aromatic heterocycles. The van der Waals surface area contributed by atoms with Gasteiger partial charge in [0, 0.05) is 11.9 Å². The maximum Gasteiger partial charge on any atom is 0.277 e. The molecule has 0 saturated carbocycles. The lowest BCUT2D eigenvalue weighted by atomic mass is 10.2. The summed E-state index contributed by atoms with van der Waals surface area (Å²) in [5.74, 6) is 0. The van der Waals surface area contributed by atoms with Gasteiger partial charge in [-0.25, -0.2) is 4.98 Å². The van der Waals surface area contributed by atoms with E-state index >= 15 is 0 Å². The van der Waals surface area contributed by atoms with E-state index in [-0.39, 0.29) is 5.56 Å². The Morgan fingerprint density at radius 2 is 2.18 bits per heavy atom. The van der Waals surface area contributed by atoms with E-state index in [2.05, 4.69) is 16.9 Å². The van der Waals surface area contributed by atoms with Crippen LogP contribution in [0, 0.1) is 0 Å². The average Bonchev–Trinajstić information content (AvgIpc) is 2.84. The third-order valence-electron chi connectivity index (χ3n) is 3.00. The van der Waals surface area contributed by atoms with Crippen molar-refractivity contribution in [3.05, 3.63) is 40.9 Å². The molecule has 1 N–H and O–H groups in total. The van der Waals surface area contributed by atoms with Gasteiger partial charge in [0.2, 0.25) is 0 Å². The van der Waals surface area contributed by atoms with E-state index in [1.165, 1.54) is 0 Å². The normalized spacial score (nSPS) is 11.4. The largest absolute Gasteiger partial charge is 0.340 e. The maximum atomic E-state index is 12.3. The van der Waals surface area contributed by atoms with Crippen molar-refractivity contribution >= 4 is 21.9 Å². The molecule has 0 radical (unpaired) electrons. The van der Waals surface area contributed by atoms with Crippen LogP contribution in [0.2, 0.25) is 0 Å². The number of benzene rings is 1. The molecule has 4 heteroatoms. The summed E-state index contributed by atoms with van der Waals surface area (Å²) >= 11 is 0. The molecule has 2 heterocycles. The predicted molar refractivity (Wildman–Crippen MR) is 68.2 cm³/mol. The lowest BCUT2D eigenvalue weighted by Gasteiger charge is -2.09. The monoisotopic (exact) mass is 227 g/mol. The first kappa shape index (κ1) is 10.1. The third-order valence-corrected chi connectivity index (χ3v) is 3.00. The number of aromatic amines is 1. The lowest BCUT2D eigenvalue weighted by molar-refractivity contribution is 0.682. The summed E-state index contributed by atoms with van der Waals surface area (Å²) in [5, 5.41) is 1.02. The SMILES string of the molecule is CCCn1c(=O)c2[nH]cnc2c2ccccc21. The van der Waals surface area contributed by atoms with Crippen LogP contribution in [-0.4, -0.2) is 14.5 Å². The first-order chi connectivity index (χ1) is 8.33. The van der Waals surface area contributed by atoms with Crippen LogP contribution in [-0.2, 0) is 6.54 Å². The molecule has 0 fully saturated rings. The van der Waals surface area contributed by atoms with Gasteiger partial charge in [-0.15, -0.1) is 0 Å². The van der Waals surface area contributed by atoms with Crippen LogP contribution in [0.3, 0.4) is 0 Å². The van der Waals surface area contributed by atoms with Crippen LogP contribution in [0.25, 0.3) is 21.9 Å². The fourth-order valence-corrected chi connectivity index (χ4v) is 2.26. The molecule has 0 unspecified atom stereocenters. The number of aromatic nitrogens is 3. The molecule has 0 spiro atoms. The van der Waals surface area contributed by atoms with E-state index in [0.29, 0.717) is 5.52 Å². The van der Waals surface area contributed by atoms with Crippen LogP contribution < -0.4 is 5.56 Å². The number of aryl methyl sites for hydroxylation is 1. The molecule has 0 aliphatic carbocycles. The van der Waals surface area contributed by atoms with Crippen molar-refractivity contribution in [1.29, 1.82) is 0 Å². The fraction of sp³-hybridized carbons (Fsp3) is 0.231. The van der Waals surface area contributed by atoms with E-state index < -0.39 is 0 Å². The Hall–Kier alpha value is -2.10. The number of hydrogen-bond acceptors (Lipinski definition) is 2. The van der Waals surface area contributed by atoms with Crippen LogP contribution in [0.4, 0.5) is 0 Å². The van der Waals surface area contributed by atoms with Crippen molar-refractivity contribution in [1.82, 2.24) is 14.5 Å². The van der Waals surface area contributed by atoms with Gasteiger partial charge in [-0.05, 0) is 12.5 Å². The Labute approximate surface area is 97.9 Å². The smallest absolute Gasteiger partial charge is 0.277 e. The summed E-state index contributed by atoms with van der Waals surface area (Å²) in [4.78, 5) is 19.5. The van der Waals surface area contributed by atoms with E-state index in [1.54, 1.807) is 6.33 Å². The number of para-hydroxylation sites is 1. The molecule has 0 amide bonds. The molecule has 0 aliphatic rings. The molecule has 3 aromatic rings. The number of pyridine rings is 1. The van der Waals surface area contributed by atoms with Gasteiger partial charge in [0.05, 0.1) is 11.8 Å². The van der Waals surface area contributed by atoms with Crippen LogP contribution in [0.15, 0.2) is 35.4 Å². The second-order valence-corrected chi connectivity index (χ2v) is 4.10. The molecule has 0 atom stereocenters. The molecule has 3 rings (SSSR count). The number of nitrogens with one attached hydrogen (secondary N) is 1. The quantitative estimate of drug-likeness (QED) is 0.730. The second kappa shape index (κ2) is 3.73. The summed E-state index contributed by atoms with van der Waals surface area (Å²) in [6, 6.07) is 7.90. The number of nitrogens with zero attached hydrogens (tertiary/aromatic N) is 2. The molecular weight excluding hydrogens is 214 g/mol. The highest BCUT2D eigenvalue weighted by atomic mass is 16.1. The van der Waals surface area contributed by atoms with Gasteiger partial charge in [0.15, 0.2) is 0 Å². The van der Waals surface area contributed by atoms with Crippen LogP contribution in [0.1, 0.15) is 13.3 Å². The molecular formula is C13H13N3O.